The highest BCUT2D eigenvalue weighted by molar-refractivity contribution is 5.79. The Morgan fingerprint density at radius 3 is 2.93 bits per heavy atom. The third kappa shape index (κ3) is 2.67. The quantitative estimate of drug-likeness (QED) is 0.588. The summed E-state index contributed by atoms with van der Waals surface area (Å²) in [5, 5.41) is 8.89. The van der Waals surface area contributed by atoms with Crippen molar-refractivity contribution in [2.75, 3.05) is 33.4 Å². The van der Waals surface area contributed by atoms with Gasteiger partial charge in [0.05, 0.1) is 0 Å². The van der Waals surface area contributed by atoms with Crippen molar-refractivity contribution in [1.29, 1.82) is 0 Å². The minimum Gasteiger partial charge on any atom is -0.480 e. The van der Waals surface area contributed by atoms with E-state index < -0.39 is 11.5 Å². The maximum absolute atomic E-state index is 10.8. The van der Waals surface area contributed by atoms with Crippen LogP contribution in [0.15, 0.2) is 0 Å². The van der Waals surface area contributed by atoms with E-state index in [0.717, 1.165) is 19.5 Å². The van der Waals surface area contributed by atoms with E-state index in [2.05, 4.69) is 4.90 Å². The largest absolute Gasteiger partial charge is 0.480 e. The van der Waals surface area contributed by atoms with Crippen molar-refractivity contribution >= 4 is 5.97 Å². The minimum absolute atomic E-state index is 0.450. The topological polar surface area (TPSA) is 75.8 Å². The zero-order valence-electron chi connectivity index (χ0n) is 8.53. The molecule has 82 valence electrons. The highest BCUT2D eigenvalue weighted by Gasteiger charge is 2.40. The number of ether oxygens (including phenoxy) is 1. The second kappa shape index (κ2) is 4.72. The summed E-state index contributed by atoms with van der Waals surface area (Å²) in [5.41, 5.74) is 4.69. The average molecular weight is 202 g/mol. The maximum atomic E-state index is 10.8. The molecule has 1 aliphatic heterocycles. The second-order valence-corrected chi connectivity index (χ2v) is 3.83. The first-order valence-electron chi connectivity index (χ1n) is 4.82. The van der Waals surface area contributed by atoms with Crippen molar-refractivity contribution in [2.45, 2.75) is 18.4 Å². The summed E-state index contributed by atoms with van der Waals surface area (Å²) in [7, 11) is 1.66. The van der Waals surface area contributed by atoms with Gasteiger partial charge in [-0.05, 0) is 12.8 Å². The Bertz CT molecular complexity index is 210. The van der Waals surface area contributed by atoms with E-state index in [1.54, 1.807) is 7.11 Å². The molecule has 0 bridgehead atoms. The van der Waals surface area contributed by atoms with Crippen molar-refractivity contribution < 1.29 is 14.6 Å². The summed E-state index contributed by atoms with van der Waals surface area (Å²) in [6, 6.07) is 0. The summed E-state index contributed by atoms with van der Waals surface area (Å²) < 4.78 is 4.93. The fraction of sp³-hybridized carbons (Fsp3) is 0.889. The van der Waals surface area contributed by atoms with Gasteiger partial charge in [-0.25, -0.2) is 0 Å². The monoisotopic (exact) mass is 202 g/mol. The van der Waals surface area contributed by atoms with Crippen LogP contribution in [0.5, 0.6) is 0 Å². The van der Waals surface area contributed by atoms with Gasteiger partial charge in [-0.15, -0.1) is 0 Å². The molecule has 3 N–H and O–H groups in total. The third-order valence-corrected chi connectivity index (χ3v) is 2.63. The van der Waals surface area contributed by atoms with Gasteiger partial charge >= 0.3 is 5.97 Å². The molecule has 5 nitrogen and oxygen atoms in total. The summed E-state index contributed by atoms with van der Waals surface area (Å²) in [6.45, 7) is 2.79. The van der Waals surface area contributed by atoms with Crippen LogP contribution in [0.1, 0.15) is 12.8 Å². The predicted molar refractivity (Wildman–Crippen MR) is 52.1 cm³/mol. The molecular weight excluding hydrogens is 184 g/mol. The van der Waals surface area contributed by atoms with Crippen molar-refractivity contribution in [1.82, 2.24) is 4.90 Å². The molecule has 1 rings (SSSR count). The number of likely N-dealkylation sites (tertiary alicyclic amines) is 1. The fourth-order valence-electron chi connectivity index (χ4n) is 1.71. The van der Waals surface area contributed by atoms with E-state index in [1.807, 2.05) is 0 Å². The van der Waals surface area contributed by atoms with E-state index in [0.29, 0.717) is 19.6 Å². The predicted octanol–water partition coefficient (Wildman–Crippen LogP) is -0.489. The van der Waals surface area contributed by atoms with E-state index >= 15 is 0 Å². The number of carboxylic acid groups (broad SMARTS) is 1. The Balaban J connectivity index is 2.30. The van der Waals surface area contributed by atoms with Crippen LogP contribution in [0.2, 0.25) is 0 Å². The molecule has 1 atom stereocenters. The van der Waals surface area contributed by atoms with Crippen molar-refractivity contribution in [3.8, 4) is 0 Å². The summed E-state index contributed by atoms with van der Waals surface area (Å²) in [5.74, 6) is -0.897. The van der Waals surface area contributed by atoms with Crippen molar-refractivity contribution in [3.05, 3.63) is 0 Å². The first-order chi connectivity index (χ1) is 6.58. The molecule has 1 heterocycles. The molecule has 0 aromatic carbocycles. The molecule has 14 heavy (non-hydrogen) atoms. The van der Waals surface area contributed by atoms with Crippen LogP contribution in [0.4, 0.5) is 0 Å². The van der Waals surface area contributed by atoms with Gasteiger partial charge in [-0.3, -0.25) is 4.79 Å². The molecule has 0 amide bonds. The van der Waals surface area contributed by atoms with Crippen LogP contribution in [0.25, 0.3) is 0 Å². The Labute approximate surface area is 83.8 Å². The molecule has 0 saturated carbocycles. The van der Waals surface area contributed by atoms with Gasteiger partial charge in [0, 0.05) is 33.4 Å². The smallest absolute Gasteiger partial charge is 0.325 e. The van der Waals surface area contributed by atoms with Crippen LogP contribution < -0.4 is 5.73 Å². The van der Waals surface area contributed by atoms with Gasteiger partial charge in [-0.1, -0.05) is 0 Å². The Morgan fingerprint density at radius 1 is 1.71 bits per heavy atom. The molecular formula is C9H18N2O3. The SMILES string of the molecule is COCCCN1CCC(N)(C(=O)O)C1. The van der Waals surface area contributed by atoms with Gasteiger partial charge in [0.25, 0.3) is 0 Å². The molecule has 1 unspecified atom stereocenters. The number of carbonyl (C=O) groups is 1. The maximum Gasteiger partial charge on any atom is 0.325 e. The first-order valence-corrected chi connectivity index (χ1v) is 4.82. The van der Waals surface area contributed by atoms with Gasteiger partial charge in [-0.2, -0.15) is 0 Å². The van der Waals surface area contributed by atoms with E-state index in [1.165, 1.54) is 0 Å². The average Bonchev–Trinajstić information content (AvgIpc) is 2.50. The summed E-state index contributed by atoms with van der Waals surface area (Å²) in [6.07, 6.45) is 1.46. The zero-order chi connectivity index (χ0) is 10.6. The Hall–Kier alpha value is -0.650. The van der Waals surface area contributed by atoms with Crippen molar-refractivity contribution in [3.63, 3.8) is 0 Å². The van der Waals surface area contributed by atoms with Crippen molar-refractivity contribution in [2.24, 2.45) is 5.73 Å². The molecule has 0 spiro atoms. The van der Waals surface area contributed by atoms with Gasteiger partial charge in [0.15, 0.2) is 0 Å². The molecule has 0 aromatic heterocycles. The van der Waals surface area contributed by atoms with Crippen LogP contribution in [0, 0.1) is 0 Å². The number of methoxy groups -OCH3 is 1. The molecule has 1 aliphatic rings. The summed E-state index contributed by atoms with van der Waals surface area (Å²) >= 11 is 0. The number of nitrogens with zero attached hydrogens (tertiary/aromatic N) is 1. The molecule has 0 radical (unpaired) electrons. The molecule has 1 saturated heterocycles. The minimum atomic E-state index is -1.03. The van der Waals surface area contributed by atoms with Crippen LogP contribution >= 0.6 is 0 Å². The van der Waals surface area contributed by atoms with Crippen LogP contribution in [-0.2, 0) is 9.53 Å². The number of hydrogen-bond acceptors (Lipinski definition) is 4. The number of hydrogen-bond donors (Lipinski definition) is 2. The lowest BCUT2D eigenvalue weighted by atomic mass is 10.0. The number of aliphatic carboxylic acids is 1. The second-order valence-electron chi connectivity index (χ2n) is 3.83. The number of nitrogens with two attached hydrogens (primary N) is 1. The van der Waals surface area contributed by atoms with Crippen LogP contribution in [-0.4, -0.2) is 54.9 Å². The molecule has 0 aromatic rings. The highest BCUT2D eigenvalue weighted by Crippen LogP contribution is 2.18. The lowest BCUT2D eigenvalue weighted by molar-refractivity contribution is -0.142. The fourth-order valence-corrected chi connectivity index (χ4v) is 1.71. The highest BCUT2D eigenvalue weighted by atomic mass is 16.5. The third-order valence-electron chi connectivity index (χ3n) is 2.63. The standard InChI is InChI=1S/C9H18N2O3/c1-14-6-2-4-11-5-3-9(10,7-11)8(12)13/h2-7,10H2,1H3,(H,12,13). The van der Waals surface area contributed by atoms with Gasteiger partial charge in [0.2, 0.25) is 0 Å². The van der Waals surface area contributed by atoms with E-state index in [-0.39, 0.29) is 0 Å². The van der Waals surface area contributed by atoms with E-state index in [9.17, 15) is 4.79 Å². The number of carboxylic acids is 1. The molecule has 1 fully saturated rings. The summed E-state index contributed by atoms with van der Waals surface area (Å²) in [4.78, 5) is 12.9. The van der Waals surface area contributed by atoms with E-state index in [4.69, 9.17) is 15.6 Å². The molecule has 0 aliphatic carbocycles. The van der Waals surface area contributed by atoms with Crippen LogP contribution in [0.3, 0.4) is 0 Å². The number of rotatable bonds is 5. The normalized spacial score (nSPS) is 28.1. The first kappa shape index (κ1) is 11.4. The molecule has 5 heteroatoms. The van der Waals surface area contributed by atoms with Gasteiger partial charge < -0.3 is 20.5 Å². The lowest BCUT2D eigenvalue weighted by Crippen LogP contribution is -2.50. The Morgan fingerprint density at radius 2 is 2.43 bits per heavy atom. The lowest BCUT2D eigenvalue weighted by Gasteiger charge is -2.19. The van der Waals surface area contributed by atoms with Gasteiger partial charge in [0.1, 0.15) is 5.54 Å². The Kier molecular flexibility index (Phi) is 3.86. The zero-order valence-corrected chi connectivity index (χ0v) is 8.53.